The minimum absolute atomic E-state index is 0.0215. The fourth-order valence-electron chi connectivity index (χ4n) is 4.70. The zero-order valence-electron chi connectivity index (χ0n) is 19.8. The number of nitrogens with zero attached hydrogens (tertiary/aromatic N) is 2. The minimum atomic E-state index is -0.975. The quantitative estimate of drug-likeness (QED) is 0.439. The van der Waals surface area contributed by atoms with Gasteiger partial charge in [-0.15, -0.1) is 0 Å². The minimum Gasteiger partial charge on any atom is -0.480 e. The van der Waals surface area contributed by atoms with Crippen molar-refractivity contribution in [3.8, 4) is 0 Å². The first-order chi connectivity index (χ1) is 15.9. The first kappa shape index (κ1) is 25.0. The van der Waals surface area contributed by atoms with Gasteiger partial charge in [-0.3, -0.25) is 9.59 Å². The second kappa shape index (κ2) is 12.6. The Balaban J connectivity index is 1.29. The molecule has 1 unspecified atom stereocenters. The predicted octanol–water partition coefficient (Wildman–Crippen LogP) is 3.15. The van der Waals surface area contributed by atoms with Gasteiger partial charge in [0.15, 0.2) is 0 Å². The van der Waals surface area contributed by atoms with Gasteiger partial charge in [0.25, 0.3) is 0 Å². The zero-order chi connectivity index (χ0) is 23.6. The second-order valence-corrected chi connectivity index (χ2v) is 9.33. The first-order valence-electron chi connectivity index (χ1n) is 12.5. The number of amides is 2. The number of carbonyl (C=O) groups is 3. The number of piperidine rings is 1. The van der Waals surface area contributed by atoms with Crippen LogP contribution < -0.4 is 10.6 Å². The first-order valence-corrected chi connectivity index (χ1v) is 12.5. The maximum absolute atomic E-state index is 12.5. The summed E-state index contributed by atoms with van der Waals surface area (Å²) in [4.78, 5) is 42.0. The highest BCUT2D eigenvalue weighted by atomic mass is 16.4. The molecule has 0 aliphatic carbocycles. The number of carbonyl (C=O) groups excluding carboxylic acids is 2. The molecule has 1 aromatic rings. The number of hydrogen-bond donors (Lipinski definition) is 3. The van der Waals surface area contributed by atoms with Crippen molar-refractivity contribution in [2.45, 2.75) is 83.6 Å². The topological polar surface area (TPSA) is 112 Å². The number of unbranched alkanes of at least 4 members (excludes halogenated alkanes) is 4. The molecule has 3 rings (SSSR count). The van der Waals surface area contributed by atoms with Crippen LogP contribution in [0.15, 0.2) is 12.1 Å². The molecule has 0 radical (unpaired) electrons. The number of carboxylic acid groups (broad SMARTS) is 1. The summed E-state index contributed by atoms with van der Waals surface area (Å²) >= 11 is 0. The summed E-state index contributed by atoms with van der Waals surface area (Å²) in [6, 6.07) is 3.49. The van der Waals surface area contributed by atoms with Crippen LogP contribution in [0.3, 0.4) is 0 Å². The summed E-state index contributed by atoms with van der Waals surface area (Å²) < 4.78 is 0. The Hall–Kier alpha value is -2.64. The summed E-state index contributed by atoms with van der Waals surface area (Å²) in [5.74, 6) is -0.317. The summed E-state index contributed by atoms with van der Waals surface area (Å²) in [7, 11) is 0. The van der Waals surface area contributed by atoms with E-state index in [1.54, 1.807) is 4.90 Å². The molecule has 0 saturated carbocycles. The standard InChI is InChI=1S/C25H38N4O4/c1-18(30)29-16-13-20(14-17-29)24(31)28-22(25(32)33)10-6-4-2-3-5-9-21-12-11-19-8-7-15-26-23(19)27-21/h11-12,20,22H,2-10,13-17H2,1H3,(H,26,27)(H,28,31)(H,32,33). The Kier molecular flexibility index (Phi) is 9.51. The highest BCUT2D eigenvalue weighted by Crippen LogP contribution is 2.21. The predicted molar refractivity (Wildman–Crippen MR) is 127 cm³/mol. The summed E-state index contributed by atoms with van der Waals surface area (Å²) in [5.41, 5.74) is 2.44. The number of aromatic nitrogens is 1. The lowest BCUT2D eigenvalue weighted by Crippen LogP contribution is -2.47. The van der Waals surface area contributed by atoms with Crippen LogP contribution in [-0.2, 0) is 27.2 Å². The fourth-order valence-corrected chi connectivity index (χ4v) is 4.70. The molecule has 8 nitrogen and oxygen atoms in total. The van der Waals surface area contributed by atoms with Gasteiger partial charge in [0.2, 0.25) is 11.8 Å². The molecule has 1 saturated heterocycles. The molecule has 182 valence electrons. The smallest absolute Gasteiger partial charge is 0.326 e. The molecule has 2 aliphatic rings. The van der Waals surface area contributed by atoms with Gasteiger partial charge in [-0.05, 0) is 56.6 Å². The maximum atomic E-state index is 12.5. The average molecular weight is 459 g/mol. The van der Waals surface area contributed by atoms with Gasteiger partial charge in [0.05, 0.1) is 0 Å². The van der Waals surface area contributed by atoms with E-state index < -0.39 is 12.0 Å². The van der Waals surface area contributed by atoms with Crippen LogP contribution >= 0.6 is 0 Å². The van der Waals surface area contributed by atoms with E-state index in [0.29, 0.717) is 32.4 Å². The Morgan fingerprint density at radius 2 is 1.88 bits per heavy atom. The van der Waals surface area contributed by atoms with Crippen molar-refractivity contribution in [2.75, 3.05) is 25.0 Å². The lowest BCUT2D eigenvalue weighted by atomic mass is 9.95. The summed E-state index contributed by atoms with van der Waals surface area (Å²) in [6.45, 7) is 3.65. The molecule has 1 aromatic heterocycles. The van der Waals surface area contributed by atoms with Crippen molar-refractivity contribution in [3.05, 3.63) is 23.4 Å². The van der Waals surface area contributed by atoms with E-state index in [-0.39, 0.29) is 17.7 Å². The SMILES string of the molecule is CC(=O)N1CCC(C(=O)NC(CCCCCCCc2ccc3c(n2)NCCC3)C(=O)O)CC1. The van der Waals surface area contributed by atoms with Gasteiger partial charge < -0.3 is 20.6 Å². The van der Waals surface area contributed by atoms with E-state index in [2.05, 4.69) is 22.8 Å². The Bertz CT molecular complexity index is 821. The van der Waals surface area contributed by atoms with E-state index in [9.17, 15) is 19.5 Å². The van der Waals surface area contributed by atoms with Crippen LogP contribution in [0.5, 0.6) is 0 Å². The number of aliphatic carboxylic acids is 1. The average Bonchev–Trinajstić information content (AvgIpc) is 2.82. The molecule has 0 aromatic carbocycles. The largest absolute Gasteiger partial charge is 0.480 e. The monoisotopic (exact) mass is 458 g/mol. The van der Waals surface area contributed by atoms with E-state index >= 15 is 0 Å². The molecule has 1 atom stereocenters. The molecule has 0 bridgehead atoms. The summed E-state index contributed by atoms with van der Waals surface area (Å²) in [6.07, 6.45) is 9.81. The van der Waals surface area contributed by atoms with Crippen molar-refractivity contribution >= 4 is 23.6 Å². The molecule has 3 N–H and O–H groups in total. The molecular weight excluding hydrogens is 420 g/mol. The number of hydrogen-bond acceptors (Lipinski definition) is 5. The highest BCUT2D eigenvalue weighted by Gasteiger charge is 2.29. The van der Waals surface area contributed by atoms with E-state index in [1.165, 1.54) is 18.9 Å². The Labute approximate surface area is 196 Å². The van der Waals surface area contributed by atoms with E-state index in [4.69, 9.17) is 4.98 Å². The number of pyridine rings is 1. The lowest BCUT2D eigenvalue weighted by molar-refractivity contribution is -0.143. The maximum Gasteiger partial charge on any atom is 0.326 e. The number of rotatable bonds is 11. The van der Waals surface area contributed by atoms with Crippen molar-refractivity contribution < 1.29 is 19.5 Å². The molecule has 0 spiro atoms. The fraction of sp³-hybridized carbons (Fsp3) is 0.680. The zero-order valence-corrected chi connectivity index (χ0v) is 19.8. The molecule has 2 aliphatic heterocycles. The van der Waals surface area contributed by atoms with Crippen molar-refractivity contribution in [1.82, 2.24) is 15.2 Å². The third-order valence-electron chi connectivity index (χ3n) is 6.80. The van der Waals surface area contributed by atoms with Crippen molar-refractivity contribution in [2.24, 2.45) is 5.92 Å². The molecule has 3 heterocycles. The molecule has 33 heavy (non-hydrogen) atoms. The van der Waals surface area contributed by atoms with Crippen LogP contribution in [0.2, 0.25) is 0 Å². The molecule has 1 fully saturated rings. The summed E-state index contributed by atoms with van der Waals surface area (Å²) in [5, 5.41) is 15.6. The number of aryl methyl sites for hydroxylation is 2. The normalized spacial score (nSPS) is 17.1. The Morgan fingerprint density at radius 1 is 1.15 bits per heavy atom. The van der Waals surface area contributed by atoms with Crippen LogP contribution in [0, 0.1) is 5.92 Å². The van der Waals surface area contributed by atoms with E-state index in [0.717, 1.165) is 63.0 Å². The van der Waals surface area contributed by atoms with E-state index in [1.807, 2.05) is 0 Å². The van der Waals surface area contributed by atoms with Gasteiger partial charge in [0.1, 0.15) is 11.9 Å². The Morgan fingerprint density at radius 3 is 2.61 bits per heavy atom. The van der Waals surface area contributed by atoms with Crippen molar-refractivity contribution in [3.63, 3.8) is 0 Å². The van der Waals surface area contributed by atoms with Crippen LogP contribution in [0.4, 0.5) is 5.82 Å². The second-order valence-electron chi connectivity index (χ2n) is 9.33. The number of nitrogens with one attached hydrogen (secondary N) is 2. The van der Waals surface area contributed by atoms with Crippen LogP contribution in [0.1, 0.15) is 76.0 Å². The number of anilines is 1. The third-order valence-corrected chi connectivity index (χ3v) is 6.80. The van der Waals surface area contributed by atoms with Gasteiger partial charge in [-0.25, -0.2) is 9.78 Å². The third kappa shape index (κ3) is 7.72. The van der Waals surface area contributed by atoms with Gasteiger partial charge >= 0.3 is 5.97 Å². The van der Waals surface area contributed by atoms with Gasteiger partial charge in [-0.1, -0.05) is 31.7 Å². The number of likely N-dealkylation sites (tertiary alicyclic amines) is 1. The van der Waals surface area contributed by atoms with Gasteiger partial charge in [0, 0.05) is 38.2 Å². The molecular formula is C25H38N4O4. The molecule has 2 amide bonds. The van der Waals surface area contributed by atoms with Crippen molar-refractivity contribution in [1.29, 1.82) is 0 Å². The number of carboxylic acids is 1. The van der Waals surface area contributed by atoms with Crippen LogP contribution in [-0.4, -0.2) is 58.5 Å². The number of fused-ring (bicyclic) bond motifs is 1. The molecule has 8 heteroatoms. The van der Waals surface area contributed by atoms with Crippen LogP contribution in [0.25, 0.3) is 0 Å². The lowest BCUT2D eigenvalue weighted by Gasteiger charge is -2.31. The highest BCUT2D eigenvalue weighted by molar-refractivity contribution is 5.85. The van der Waals surface area contributed by atoms with Gasteiger partial charge in [-0.2, -0.15) is 0 Å².